The Morgan fingerprint density at radius 1 is 1.55 bits per heavy atom. The van der Waals surface area contributed by atoms with Gasteiger partial charge >= 0.3 is 6.03 Å². The number of nitrogens with two attached hydrogens (primary N) is 1. The number of carbonyl (C=O) groups is 2. The van der Waals surface area contributed by atoms with Gasteiger partial charge in [-0.25, -0.2) is 9.69 Å². The first kappa shape index (κ1) is 15.0. The van der Waals surface area contributed by atoms with Crippen molar-refractivity contribution in [1.82, 2.24) is 5.32 Å². The second kappa shape index (κ2) is 5.92. The molecule has 1 saturated heterocycles. The standard InChI is InChI=1S/C13H13N7O2/c1-7-12(21)20(13(22)17-7)9-4-2-3-8(5-9)18-19-10(6-14)11(15)16/h2-5,7,18H,1H3,(H3,15,16)(H,17,22)/b19-10+. The lowest BCUT2D eigenvalue weighted by molar-refractivity contribution is -0.117. The van der Waals surface area contributed by atoms with Crippen LogP contribution in [0.2, 0.25) is 0 Å². The molecule has 1 heterocycles. The fourth-order valence-electron chi connectivity index (χ4n) is 1.83. The number of anilines is 2. The monoisotopic (exact) mass is 299 g/mol. The van der Waals surface area contributed by atoms with E-state index >= 15 is 0 Å². The number of nitrogens with one attached hydrogen (secondary N) is 3. The van der Waals surface area contributed by atoms with Gasteiger partial charge in [-0.1, -0.05) is 6.07 Å². The lowest BCUT2D eigenvalue weighted by Crippen LogP contribution is -2.30. The number of amides is 3. The molecule has 3 amide bonds. The molecule has 1 aromatic carbocycles. The summed E-state index contributed by atoms with van der Waals surface area (Å²) in [4.78, 5) is 24.7. The van der Waals surface area contributed by atoms with Crippen molar-refractivity contribution >= 4 is 34.9 Å². The molecule has 0 spiro atoms. The van der Waals surface area contributed by atoms with Crippen molar-refractivity contribution in [1.29, 1.82) is 10.7 Å². The van der Waals surface area contributed by atoms with Crippen LogP contribution in [0.4, 0.5) is 16.2 Å². The van der Waals surface area contributed by atoms with Gasteiger partial charge in [-0.3, -0.25) is 15.6 Å². The number of hydrogen-bond acceptors (Lipinski definition) is 6. The molecule has 1 unspecified atom stereocenters. The van der Waals surface area contributed by atoms with E-state index in [1.165, 1.54) is 6.07 Å². The van der Waals surface area contributed by atoms with E-state index in [-0.39, 0.29) is 11.6 Å². The lowest BCUT2D eigenvalue weighted by atomic mass is 10.2. The van der Waals surface area contributed by atoms with Crippen LogP contribution in [0.15, 0.2) is 29.4 Å². The van der Waals surface area contributed by atoms with E-state index in [4.69, 9.17) is 16.4 Å². The van der Waals surface area contributed by atoms with Crippen LogP contribution in [0.25, 0.3) is 0 Å². The number of urea groups is 1. The van der Waals surface area contributed by atoms with Crippen LogP contribution in [0, 0.1) is 16.7 Å². The Kier molecular flexibility index (Phi) is 4.04. The molecular formula is C13H13N7O2. The van der Waals surface area contributed by atoms with Gasteiger partial charge in [0.2, 0.25) is 5.71 Å². The van der Waals surface area contributed by atoms with Gasteiger partial charge in [0, 0.05) is 0 Å². The van der Waals surface area contributed by atoms with E-state index in [0.29, 0.717) is 11.4 Å². The van der Waals surface area contributed by atoms with E-state index < -0.39 is 17.9 Å². The number of benzene rings is 1. The zero-order valence-electron chi connectivity index (χ0n) is 11.6. The largest absolute Gasteiger partial charge is 0.382 e. The molecule has 9 heteroatoms. The van der Waals surface area contributed by atoms with Gasteiger partial charge in [0.1, 0.15) is 12.1 Å². The molecule has 1 atom stereocenters. The van der Waals surface area contributed by atoms with Crippen LogP contribution >= 0.6 is 0 Å². The maximum atomic E-state index is 11.9. The molecule has 1 aromatic rings. The van der Waals surface area contributed by atoms with E-state index in [1.54, 1.807) is 31.2 Å². The number of amidine groups is 1. The van der Waals surface area contributed by atoms with E-state index in [9.17, 15) is 9.59 Å². The minimum absolute atomic E-state index is 0.269. The van der Waals surface area contributed by atoms with Crippen LogP contribution in [-0.4, -0.2) is 29.5 Å². The molecule has 1 aliphatic rings. The molecule has 22 heavy (non-hydrogen) atoms. The highest BCUT2D eigenvalue weighted by molar-refractivity contribution is 6.45. The predicted octanol–water partition coefficient (Wildman–Crippen LogP) is 0.359. The van der Waals surface area contributed by atoms with Crippen LogP contribution in [0.1, 0.15) is 6.92 Å². The zero-order chi connectivity index (χ0) is 16.3. The molecule has 2 rings (SSSR count). The Labute approximate surface area is 125 Å². The molecule has 5 N–H and O–H groups in total. The zero-order valence-corrected chi connectivity index (χ0v) is 11.6. The maximum absolute atomic E-state index is 11.9. The number of nitrogens with zero attached hydrogens (tertiary/aromatic N) is 3. The van der Waals surface area contributed by atoms with Crippen molar-refractivity contribution < 1.29 is 9.59 Å². The van der Waals surface area contributed by atoms with E-state index in [1.807, 2.05) is 0 Å². The topological polar surface area (TPSA) is 147 Å². The smallest absolute Gasteiger partial charge is 0.329 e. The first-order valence-corrected chi connectivity index (χ1v) is 6.26. The highest BCUT2D eigenvalue weighted by Gasteiger charge is 2.36. The van der Waals surface area contributed by atoms with Gasteiger partial charge in [-0.2, -0.15) is 10.4 Å². The van der Waals surface area contributed by atoms with Crippen LogP contribution in [0.3, 0.4) is 0 Å². The third-order valence-electron chi connectivity index (χ3n) is 2.90. The summed E-state index contributed by atoms with van der Waals surface area (Å²) < 4.78 is 0. The maximum Gasteiger partial charge on any atom is 0.329 e. The normalized spacial score (nSPS) is 17.9. The van der Waals surface area contributed by atoms with Crippen LogP contribution in [-0.2, 0) is 4.79 Å². The SMILES string of the molecule is CC1NC(=O)N(c2cccc(N/N=C(\C#N)C(=N)N)c2)C1=O. The predicted molar refractivity (Wildman–Crippen MR) is 80.5 cm³/mol. The summed E-state index contributed by atoms with van der Waals surface area (Å²) >= 11 is 0. The minimum Gasteiger partial charge on any atom is -0.382 e. The average Bonchev–Trinajstić information content (AvgIpc) is 2.72. The summed E-state index contributed by atoms with van der Waals surface area (Å²) in [6.07, 6.45) is 0. The minimum atomic E-state index is -0.579. The van der Waals surface area contributed by atoms with Gasteiger partial charge in [0.15, 0.2) is 5.84 Å². The summed E-state index contributed by atoms with van der Waals surface area (Å²) in [6.45, 7) is 1.60. The van der Waals surface area contributed by atoms with Gasteiger partial charge in [-0.05, 0) is 25.1 Å². The van der Waals surface area contributed by atoms with Gasteiger partial charge in [0.05, 0.1) is 11.4 Å². The highest BCUT2D eigenvalue weighted by Crippen LogP contribution is 2.23. The Balaban J connectivity index is 2.25. The summed E-state index contributed by atoms with van der Waals surface area (Å²) in [5, 5.41) is 22.1. The van der Waals surface area contributed by atoms with Crippen molar-refractivity contribution in [3.63, 3.8) is 0 Å². The summed E-state index contributed by atoms with van der Waals surface area (Å²) in [5.41, 5.74) is 8.27. The fraction of sp³-hybridized carbons (Fsp3) is 0.154. The second-order valence-electron chi connectivity index (χ2n) is 4.49. The first-order chi connectivity index (χ1) is 10.4. The first-order valence-electron chi connectivity index (χ1n) is 6.26. The van der Waals surface area contributed by atoms with Crippen LogP contribution in [0.5, 0.6) is 0 Å². The van der Waals surface area contributed by atoms with Crippen molar-refractivity contribution in [3.05, 3.63) is 24.3 Å². The Bertz CT molecular complexity index is 719. The van der Waals surface area contributed by atoms with Crippen molar-refractivity contribution in [3.8, 4) is 6.07 Å². The molecule has 112 valence electrons. The molecule has 1 fully saturated rings. The molecule has 1 aliphatic heterocycles. The van der Waals surface area contributed by atoms with Crippen molar-refractivity contribution in [2.75, 3.05) is 10.3 Å². The third kappa shape index (κ3) is 2.85. The Morgan fingerprint density at radius 2 is 2.27 bits per heavy atom. The van der Waals surface area contributed by atoms with Gasteiger partial charge < -0.3 is 11.1 Å². The molecular weight excluding hydrogens is 286 g/mol. The second-order valence-corrected chi connectivity index (χ2v) is 4.49. The van der Waals surface area contributed by atoms with Crippen molar-refractivity contribution in [2.24, 2.45) is 10.8 Å². The number of rotatable bonds is 4. The number of carbonyl (C=O) groups excluding carboxylic acids is 2. The molecule has 0 saturated carbocycles. The highest BCUT2D eigenvalue weighted by atomic mass is 16.2. The summed E-state index contributed by atoms with van der Waals surface area (Å²) in [5.74, 6) is -0.818. The number of hydrogen-bond donors (Lipinski definition) is 4. The van der Waals surface area contributed by atoms with Crippen molar-refractivity contribution in [2.45, 2.75) is 13.0 Å². The Morgan fingerprint density at radius 3 is 2.82 bits per heavy atom. The number of nitriles is 1. The summed E-state index contributed by atoms with van der Waals surface area (Å²) in [7, 11) is 0. The van der Waals surface area contributed by atoms with Gasteiger partial charge in [0.25, 0.3) is 5.91 Å². The number of imide groups is 1. The molecule has 0 aromatic heterocycles. The Hall–Kier alpha value is -3.41. The molecule has 0 aliphatic carbocycles. The van der Waals surface area contributed by atoms with E-state index in [2.05, 4.69) is 15.8 Å². The molecule has 9 nitrogen and oxygen atoms in total. The third-order valence-corrected chi connectivity index (χ3v) is 2.90. The quantitative estimate of drug-likeness (QED) is 0.274. The molecule has 0 radical (unpaired) electrons. The molecule has 0 bridgehead atoms. The number of hydrazone groups is 1. The average molecular weight is 299 g/mol. The van der Waals surface area contributed by atoms with E-state index in [0.717, 1.165) is 4.90 Å². The van der Waals surface area contributed by atoms with Gasteiger partial charge in [-0.15, -0.1) is 0 Å². The summed E-state index contributed by atoms with van der Waals surface area (Å²) in [6, 6.07) is 6.96. The van der Waals surface area contributed by atoms with Crippen LogP contribution < -0.4 is 21.4 Å². The fourth-order valence-corrected chi connectivity index (χ4v) is 1.83. The lowest BCUT2D eigenvalue weighted by Gasteiger charge is -2.13.